The second kappa shape index (κ2) is 19.5. The lowest BCUT2D eigenvalue weighted by molar-refractivity contribution is 0.644. The second-order valence-corrected chi connectivity index (χ2v) is 16.9. The van der Waals surface area contributed by atoms with E-state index in [-0.39, 0.29) is 0 Å². The number of benzene rings is 3. The third kappa shape index (κ3) is 8.27. The molecule has 4 aromatic rings. The molecule has 318 valence electrons. The Bertz CT molecular complexity index is 2890. The number of fused-ring (bicyclic) bond motifs is 8. The Morgan fingerprint density at radius 2 is 1.64 bits per heavy atom. The first kappa shape index (κ1) is 43.5. The van der Waals surface area contributed by atoms with E-state index >= 15 is 0 Å². The standard InChI is InChI=1S/C61H59N3/c1-7-10-25-47(9-3)57(63-45(6)48-26-15-11-16-27-48)41-52(43(4)8-2)49-37-34-46(35-38-49)36-39-56-60-53(42-62)51-29-17-12-18-32-58(51)64(60)59-33-22-21-31-55(59)61(56)40-23-13-14-24-44(5)50-28-19-20-30-54(50)61/h7,9-10,12-15,17-28,30-35,37-39,41-42,62H,3,5,8,11,16,29,36,40H2,1-2,4,6H3/b10-7-,23-13-,24-14-,47-25+,52-43+,56-39+,57-41-,62-42?,63-45?. The number of para-hydroxylation sites is 1. The highest BCUT2D eigenvalue weighted by molar-refractivity contribution is 6.02. The lowest BCUT2D eigenvalue weighted by Gasteiger charge is -2.44. The average molecular weight is 834 g/mol. The molecule has 0 radical (unpaired) electrons. The van der Waals surface area contributed by atoms with Crippen molar-refractivity contribution in [3.8, 4) is 5.69 Å². The molecule has 8 rings (SSSR count). The van der Waals surface area contributed by atoms with Crippen molar-refractivity contribution in [2.45, 2.75) is 71.6 Å². The molecule has 3 aromatic carbocycles. The lowest BCUT2D eigenvalue weighted by Crippen LogP contribution is -2.36. The number of aromatic nitrogens is 1. The van der Waals surface area contributed by atoms with Gasteiger partial charge in [0.25, 0.3) is 0 Å². The van der Waals surface area contributed by atoms with E-state index in [0.29, 0.717) is 6.42 Å². The van der Waals surface area contributed by atoms with Crippen LogP contribution in [0.4, 0.5) is 0 Å². The largest absolute Gasteiger partial charge is 0.309 e. The highest BCUT2D eigenvalue weighted by Crippen LogP contribution is 2.56. The molecule has 0 fully saturated rings. The quantitative estimate of drug-likeness (QED) is 0.116. The van der Waals surface area contributed by atoms with Gasteiger partial charge >= 0.3 is 0 Å². The van der Waals surface area contributed by atoms with Crippen molar-refractivity contribution in [1.82, 2.24) is 4.57 Å². The molecule has 3 nitrogen and oxygen atoms in total. The molecule has 1 unspecified atom stereocenters. The Balaban J connectivity index is 1.29. The van der Waals surface area contributed by atoms with Crippen molar-refractivity contribution in [2.24, 2.45) is 4.99 Å². The van der Waals surface area contributed by atoms with Crippen LogP contribution in [0, 0.1) is 5.41 Å². The summed E-state index contributed by atoms with van der Waals surface area (Å²) in [5.41, 5.74) is 19.6. The minimum atomic E-state index is -0.566. The lowest BCUT2D eigenvalue weighted by atomic mass is 9.62. The van der Waals surface area contributed by atoms with Crippen LogP contribution in [0.25, 0.3) is 28.5 Å². The van der Waals surface area contributed by atoms with Crippen LogP contribution in [-0.4, -0.2) is 16.5 Å². The number of aliphatic imine (C=N–C) groups is 1. The summed E-state index contributed by atoms with van der Waals surface area (Å²) in [7, 11) is 0. The summed E-state index contributed by atoms with van der Waals surface area (Å²) in [4.78, 5) is 5.27. The maximum absolute atomic E-state index is 9.01. The van der Waals surface area contributed by atoms with Gasteiger partial charge in [0.1, 0.15) is 0 Å². The molecule has 1 spiro atoms. The number of hydrogen-bond donors (Lipinski definition) is 1. The third-order valence-corrected chi connectivity index (χ3v) is 13.1. The highest BCUT2D eigenvalue weighted by Gasteiger charge is 2.47. The Labute approximate surface area is 381 Å². The molecular weight excluding hydrogens is 775 g/mol. The molecule has 64 heavy (non-hydrogen) atoms. The van der Waals surface area contributed by atoms with E-state index in [4.69, 9.17) is 10.4 Å². The molecule has 1 aromatic heterocycles. The third-order valence-electron chi connectivity index (χ3n) is 13.1. The SMILES string of the molecule is C=CC(=C\C=C/C)/C(=C/C(=C(/C)CC)c1ccc(C/C=C2\c3c(C=N)c4c(n3-c3ccccc3C23C/C=C\C=C/C(=C)c2ccccc23)C=CC=CC4)cc1)N=C(C)C1=CCCC=C1. The van der Waals surface area contributed by atoms with Crippen molar-refractivity contribution < 1.29 is 0 Å². The van der Waals surface area contributed by atoms with Crippen LogP contribution in [0.15, 0.2) is 211 Å². The Kier molecular flexibility index (Phi) is 13.3. The normalized spacial score (nSPS) is 20.3. The van der Waals surface area contributed by atoms with Gasteiger partial charge in [0.2, 0.25) is 0 Å². The number of nitrogens with one attached hydrogen (secondary N) is 1. The van der Waals surface area contributed by atoms with Gasteiger partial charge in [0.15, 0.2) is 0 Å². The molecule has 4 aliphatic rings. The summed E-state index contributed by atoms with van der Waals surface area (Å²) >= 11 is 0. The fraction of sp³-hybridized carbons (Fsp3) is 0.180. The minimum Gasteiger partial charge on any atom is -0.309 e. The molecule has 0 bridgehead atoms. The number of allylic oxidation sites excluding steroid dienone is 21. The Morgan fingerprint density at radius 3 is 2.39 bits per heavy atom. The number of hydrogen-bond acceptors (Lipinski definition) is 2. The molecule has 1 N–H and O–H groups in total. The van der Waals surface area contributed by atoms with Crippen molar-refractivity contribution in [2.75, 3.05) is 0 Å². The molecule has 0 saturated heterocycles. The molecule has 0 amide bonds. The van der Waals surface area contributed by atoms with Gasteiger partial charge in [-0.1, -0.05) is 184 Å². The van der Waals surface area contributed by atoms with Gasteiger partial charge < -0.3 is 9.98 Å². The highest BCUT2D eigenvalue weighted by atomic mass is 15.0. The molecule has 1 atom stereocenters. The van der Waals surface area contributed by atoms with Crippen LogP contribution in [-0.2, 0) is 18.3 Å². The molecule has 1 aliphatic heterocycles. The Hall–Kier alpha value is -7.10. The first-order valence-electron chi connectivity index (χ1n) is 22.8. The molecular formula is C61H59N3. The summed E-state index contributed by atoms with van der Waals surface area (Å²) in [6.07, 6.45) is 43.7. The smallest absolute Gasteiger partial charge is 0.0711 e. The predicted octanol–water partition coefficient (Wildman–Crippen LogP) is 15.5. The first-order chi connectivity index (χ1) is 31.3. The van der Waals surface area contributed by atoms with Crippen LogP contribution < -0.4 is 0 Å². The van der Waals surface area contributed by atoms with E-state index in [1.807, 2.05) is 19.1 Å². The van der Waals surface area contributed by atoms with E-state index in [9.17, 15) is 0 Å². The van der Waals surface area contributed by atoms with E-state index in [1.54, 1.807) is 6.21 Å². The topological polar surface area (TPSA) is 41.1 Å². The zero-order valence-corrected chi connectivity index (χ0v) is 37.9. The minimum absolute atomic E-state index is 0.566. The van der Waals surface area contributed by atoms with Crippen molar-refractivity contribution in [3.63, 3.8) is 0 Å². The summed E-state index contributed by atoms with van der Waals surface area (Å²) in [6.45, 7) is 17.4. The van der Waals surface area contributed by atoms with Crippen molar-refractivity contribution in [3.05, 3.63) is 256 Å². The first-order valence-corrected chi connectivity index (χ1v) is 22.8. The zero-order valence-electron chi connectivity index (χ0n) is 37.9. The molecule has 2 heterocycles. The maximum atomic E-state index is 9.01. The van der Waals surface area contributed by atoms with Crippen molar-refractivity contribution in [1.29, 1.82) is 5.41 Å². The van der Waals surface area contributed by atoms with Crippen LogP contribution >= 0.6 is 0 Å². The van der Waals surface area contributed by atoms with Crippen LogP contribution in [0.3, 0.4) is 0 Å². The summed E-state index contributed by atoms with van der Waals surface area (Å²) < 4.78 is 2.43. The predicted molar refractivity (Wildman–Crippen MR) is 276 cm³/mol. The van der Waals surface area contributed by atoms with Crippen LogP contribution in [0.5, 0.6) is 0 Å². The van der Waals surface area contributed by atoms with Crippen molar-refractivity contribution >= 4 is 34.7 Å². The van der Waals surface area contributed by atoms with Crippen LogP contribution in [0.1, 0.15) is 104 Å². The van der Waals surface area contributed by atoms with E-state index in [0.717, 1.165) is 88.4 Å². The summed E-state index contributed by atoms with van der Waals surface area (Å²) in [5, 5.41) is 9.01. The van der Waals surface area contributed by atoms with Crippen LogP contribution in [0.2, 0.25) is 0 Å². The fourth-order valence-corrected chi connectivity index (χ4v) is 9.70. The molecule has 3 heteroatoms. The number of rotatable bonds is 11. The van der Waals surface area contributed by atoms with Gasteiger partial charge in [-0.3, -0.25) is 4.99 Å². The van der Waals surface area contributed by atoms with Gasteiger partial charge in [-0.2, -0.15) is 0 Å². The van der Waals surface area contributed by atoms with Gasteiger partial charge in [-0.25, -0.2) is 0 Å². The Morgan fingerprint density at radius 1 is 0.875 bits per heavy atom. The van der Waals surface area contributed by atoms with E-state index in [2.05, 4.69) is 202 Å². The van der Waals surface area contributed by atoms with Gasteiger partial charge in [-0.15, -0.1) is 0 Å². The summed E-state index contributed by atoms with van der Waals surface area (Å²) in [6, 6.07) is 26.8. The summed E-state index contributed by atoms with van der Waals surface area (Å²) in [5.74, 6) is 0. The zero-order chi connectivity index (χ0) is 44.6. The van der Waals surface area contributed by atoms with E-state index < -0.39 is 5.41 Å². The van der Waals surface area contributed by atoms with Gasteiger partial charge in [-0.05, 0) is 139 Å². The van der Waals surface area contributed by atoms with Gasteiger partial charge in [0, 0.05) is 17.5 Å². The fourth-order valence-electron chi connectivity index (χ4n) is 9.70. The molecule has 0 saturated carbocycles. The second-order valence-electron chi connectivity index (χ2n) is 16.9. The van der Waals surface area contributed by atoms with E-state index in [1.165, 1.54) is 44.5 Å². The average Bonchev–Trinajstić information content (AvgIpc) is 3.48. The monoisotopic (exact) mass is 833 g/mol. The maximum Gasteiger partial charge on any atom is 0.0711 e. The number of nitrogens with zero attached hydrogens (tertiary/aromatic N) is 2. The molecule has 3 aliphatic carbocycles. The van der Waals surface area contributed by atoms with Gasteiger partial charge in [0.05, 0.1) is 28.2 Å².